The topological polar surface area (TPSA) is 99.2 Å². The molecule has 1 atom stereocenters. The molecule has 1 amide bonds. The van der Waals surface area contributed by atoms with E-state index in [0.29, 0.717) is 31.0 Å². The molecule has 0 N–H and O–H groups in total. The molecule has 0 aliphatic carbocycles. The highest BCUT2D eigenvalue weighted by molar-refractivity contribution is 5.94. The van der Waals surface area contributed by atoms with E-state index in [2.05, 4.69) is 25.2 Å². The molecule has 3 heterocycles. The molecule has 1 fully saturated rings. The Morgan fingerprint density at radius 3 is 2.90 bits per heavy atom. The molecule has 1 aliphatic rings. The first kappa shape index (κ1) is 19.9. The van der Waals surface area contributed by atoms with Crippen LogP contribution in [0.4, 0.5) is 13.2 Å². The van der Waals surface area contributed by atoms with E-state index in [9.17, 15) is 18.0 Å². The van der Waals surface area contributed by atoms with Crippen LogP contribution in [-0.2, 0) is 0 Å². The van der Waals surface area contributed by atoms with Gasteiger partial charge in [-0.1, -0.05) is 16.4 Å². The fourth-order valence-electron chi connectivity index (χ4n) is 3.32. The van der Waals surface area contributed by atoms with E-state index >= 15 is 0 Å². The second-order valence-electron chi connectivity index (χ2n) is 6.85. The van der Waals surface area contributed by atoms with Crippen molar-refractivity contribution >= 4 is 5.91 Å². The first-order valence-corrected chi connectivity index (χ1v) is 9.16. The Hall–Kier alpha value is -3.44. The number of likely N-dealkylation sites (tertiary alicyclic amines) is 1. The third-order valence-corrected chi connectivity index (χ3v) is 4.63. The van der Waals surface area contributed by atoms with Crippen molar-refractivity contribution in [3.8, 4) is 17.3 Å². The monoisotopic (exact) mass is 422 g/mol. The molecule has 0 spiro atoms. The average Bonchev–Trinajstić information content (AvgIpc) is 3.35. The molecule has 1 aliphatic heterocycles. The Bertz CT molecular complexity index is 1050. The third kappa shape index (κ3) is 4.42. The van der Waals surface area contributed by atoms with Gasteiger partial charge in [0.15, 0.2) is 11.5 Å². The molecule has 4 rings (SSSR count). The number of amides is 1. The number of hydrogen-bond acceptors (Lipinski definition) is 7. The SMILES string of the molecule is Cc1noc(-c2cn([C@@H]3CCCN(C(=O)c4cccc(OC(F)(F)F)c4)C3)nn2)n1. The van der Waals surface area contributed by atoms with E-state index in [1.54, 1.807) is 22.7 Å². The lowest BCUT2D eigenvalue weighted by atomic mass is 10.0. The van der Waals surface area contributed by atoms with Gasteiger partial charge >= 0.3 is 6.36 Å². The number of rotatable bonds is 4. The lowest BCUT2D eigenvalue weighted by Gasteiger charge is -2.32. The van der Waals surface area contributed by atoms with E-state index in [1.807, 2.05) is 0 Å². The van der Waals surface area contributed by atoms with Crippen molar-refractivity contribution in [3.05, 3.63) is 41.9 Å². The van der Waals surface area contributed by atoms with Gasteiger partial charge in [-0.15, -0.1) is 18.3 Å². The molecule has 2 aromatic heterocycles. The summed E-state index contributed by atoms with van der Waals surface area (Å²) in [6.45, 7) is 2.52. The van der Waals surface area contributed by atoms with Gasteiger partial charge in [-0.3, -0.25) is 4.79 Å². The van der Waals surface area contributed by atoms with Crippen LogP contribution in [0, 0.1) is 6.92 Å². The highest BCUT2D eigenvalue weighted by Gasteiger charge is 2.32. The maximum atomic E-state index is 12.8. The van der Waals surface area contributed by atoms with Gasteiger partial charge in [0.05, 0.1) is 12.2 Å². The highest BCUT2D eigenvalue weighted by atomic mass is 19.4. The van der Waals surface area contributed by atoms with Crippen LogP contribution in [0.25, 0.3) is 11.6 Å². The Morgan fingerprint density at radius 2 is 2.17 bits per heavy atom. The first-order valence-electron chi connectivity index (χ1n) is 9.16. The fourth-order valence-corrected chi connectivity index (χ4v) is 3.32. The molecule has 0 saturated carbocycles. The second kappa shape index (κ2) is 7.76. The number of benzene rings is 1. The Kier molecular flexibility index (Phi) is 5.14. The number of carbonyl (C=O) groups is 1. The van der Waals surface area contributed by atoms with E-state index in [-0.39, 0.29) is 23.4 Å². The molecule has 9 nitrogen and oxygen atoms in total. The molecule has 0 radical (unpaired) electrons. The normalized spacial score (nSPS) is 17.2. The predicted octanol–water partition coefficient (Wildman–Crippen LogP) is 3.01. The van der Waals surface area contributed by atoms with Crippen LogP contribution in [0.15, 0.2) is 35.0 Å². The van der Waals surface area contributed by atoms with Crippen molar-refractivity contribution in [2.75, 3.05) is 13.1 Å². The minimum Gasteiger partial charge on any atom is -0.406 e. The fraction of sp³-hybridized carbons (Fsp3) is 0.389. The second-order valence-corrected chi connectivity index (χ2v) is 6.85. The van der Waals surface area contributed by atoms with Gasteiger partial charge in [0, 0.05) is 18.7 Å². The predicted molar refractivity (Wildman–Crippen MR) is 95.4 cm³/mol. The van der Waals surface area contributed by atoms with Crippen LogP contribution in [0.1, 0.15) is 35.1 Å². The molecule has 30 heavy (non-hydrogen) atoms. The molecule has 158 valence electrons. The molecule has 0 bridgehead atoms. The van der Waals surface area contributed by atoms with Gasteiger partial charge < -0.3 is 14.2 Å². The van der Waals surface area contributed by atoms with E-state index in [1.165, 1.54) is 12.1 Å². The Labute approximate surface area is 168 Å². The molecule has 1 saturated heterocycles. The molecule has 3 aromatic rings. The first-order chi connectivity index (χ1) is 14.3. The number of halogens is 3. The number of hydrogen-bond donors (Lipinski definition) is 0. The van der Waals surface area contributed by atoms with Gasteiger partial charge in [-0.25, -0.2) is 4.68 Å². The molecular formula is C18H17F3N6O3. The zero-order valence-electron chi connectivity index (χ0n) is 15.8. The molecule has 12 heteroatoms. The minimum atomic E-state index is -4.82. The van der Waals surface area contributed by atoms with E-state index in [0.717, 1.165) is 18.6 Å². The number of alkyl halides is 3. The maximum absolute atomic E-state index is 12.8. The summed E-state index contributed by atoms with van der Waals surface area (Å²) in [5.74, 6) is -0.0763. The van der Waals surface area contributed by atoms with Crippen LogP contribution in [-0.4, -0.2) is 55.4 Å². The van der Waals surface area contributed by atoms with Crippen LogP contribution in [0.2, 0.25) is 0 Å². The number of carbonyl (C=O) groups excluding carboxylic acids is 1. The van der Waals surface area contributed by atoms with Crippen LogP contribution < -0.4 is 4.74 Å². The summed E-state index contributed by atoms with van der Waals surface area (Å²) < 4.78 is 48.0. The summed E-state index contributed by atoms with van der Waals surface area (Å²) in [5.41, 5.74) is 0.550. The van der Waals surface area contributed by atoms with E-state index < -0.39 is 12.1 Å². The summed E-state index contributed by atoms with van der Waals surface area (Å²) in [4.78, 5) is 18.5. The van der Waals surface area contributed by atoms with Crippen LogP contribution in [0.5, 0.6) is 5.75 Å². The Morgan fingerprint density at radius 1 is 1.33 bits per heavy atom. The number of piperidine rings is 1. The third-order valence-electron chi connectivity index (χ3n) is 4.63. The lowest BCUT2D eigenvalue weighted by molar-refractivity contribution is -0.274. The van der Waals surface area contributed by atoms with Gasteiger partial charge in [0.25, 0.3) is 11.8 Å². The van der Waals surface area contributed by atoms with Crippen molar-refractivity contribution < 1.29 is 27.2 Å². The van der Waals surface area contributed by atoms with Crippen LogP contribution in [0.3, 0.4) is 0 Å². The summed E-state index contributed by atoms with van der Waals surface area (Å²) in [6, 6.07) is 4.92. The smallest absolute Gasteiger partial charge is 0.406 e. The van der Waals surface area contributed by atoms with Crippen molar-refractivity contribution in [1.29, 1.82) is 0 Å². The minimum absolute atomic E-state index is 0.123. The molecule has 0 unspecified atom stereocenters. The van der Waals surface area contributed by atoms with Crippen molar-refractivity contribution in [2.45, 2.75) is 32.2 Å². The summed E-state index contributed by atoms with van der Waals surface area (Å²) in [7, 11) is 0. The van der Waals surface area contributed by atoms with Gasteiger partial charge in [0.1, 0.15) is 5.75 Å². The molecule has 1 aromatic carbocycles. The van der Waals surface area contributed by atoms with Gasteiger partial charge in [-0.2, -0.15) is 4.98 Å². The summed E-state index contributed by atoms with van der Waals surface area (Å²) in [5, 5.41) is 11.9. The zero-order valence-corrected chi connectivity index (χ0v) is 15.8. The molecular weight excluding hydrogens is 405 g/mol. The Balaban J connectivity index is 1.47. The van der Waals surface area contributed by atoms with Crippen molar-refractivity contribution in [3.63, 3.8) is 0 Å². The van der Waals surface area contributed by atoms with Gasteiger partial charge in [-0.05, 0) is 38.0 Å². The average molecular weight is 422 g/mol. The highest BCUT2D eigenvalue weighted by Crippen LogP contribution is 2.26. The lowest BCUT2D eigenvalue weighted by Crippen LogP contribution is -2.40. The summed E-state index contributed by atoms with van der Waals surface area (Å²) >= 11 is 0. The van der Waals surface area contributed by atoms with Crippen LogP contribution >= 0.6 is 0 Å². The largest absolute Gasteiger partial charge is 0.573 e. The van der Waals surface area contributed by atoms with E-state index in [4.69, 9.17) is 4.52 Å². The quantitative estimate of drug-likeness (QED) is 0.637. The van der Waals surface area contributed by atoms with Gasteiger partial charge in [0.2, 0.25) is 0 Å². The van der Waals surface area contributed by atoms with Crippen molar-refractivity contribution in [1.82, 2.24) is 30.0 Å². The standard InChI is InChI=1S/C18H17F3N6O3/c1-11-22-16(30-24-11)15-10-27(25-23-15)13-5-3-7-26(9-13)17(28)12-4-2-6-14(8-12)29-18(19,20)21/h2,4,6,8,10,13H,3,5,7,9H2,1H3/t13-/m1/s1. The number of aryl methyl sites for hydroxylation is 1. The number of aromatic nitrogens is 5. The zero-order chi connectivity index (χ0) is 21.3. The number of ether oxygens (including phenoxy) is 1. The maximum Gasteiger partial charge on any atom is 0.573 e. The van der Waals surface area contributed by atoms with Crippen molar-refractivity contribution in [2.24, 2.45) is 0 Å². The summed E-state index contributed by atoms with van der Waals surface area (Å²) in [6.07, 6.45) is -1.67. The number of nitrogens with zero attached hydrogens (tertiary/aromatic N) is 6.